The summed E-state index contributed by atoms with van der Waals surface area (Å²) in [5.74, 6) is -2.26. The van der Waals surface area contributed by atoms with Gasteiger partial charge in [0.15, 0.2) is 5.78 Å². The number of hydrogen-bond acceptors (Lipinski definition) is 4. The number of nitrogens with zero attached hydrogens (tertiary/aromatic N) is 1. The van der Waals surface area contributed by atoms with Crippen molar-refractivity contribution in [3.05, 3.63) is 63.5 Å². The second kappa shape index (κ2) is 7.93. The zero-order valence-corrected chi connectivity index (χ0v) is 13.8. The average molecular weight is 407 g/mol. The highest BCUT2D eigenvalue weighted by atomic mass is 127. The first-order chi connectivity index (χ1) is 10.7. The summed E-state index contributed by atoms with van der Waals surface area (Å²) in [7, 11) is 0. The average Bonchev–Trinajstić information content (AvgIpc) is 2.56. The number of Topliss-reactive ketones (excluding diaryl/α,β-unsaturated/α-hetero) is 1. The molecule has 1 aromatic carbocycles. The van der Waals surface area contributed by atoms with Crippen LogP contribution in [0.3, 0.4) is 0 Å². The van der Waals surface area contributed by atoms with E-state index >= 15 is 0 Å². The maximum atomic E-state index is 12.5. The summed E-state index contributed by atoms with van der Waals surface area (Å²) in [6.45, 7) is 0. The lowest BCUT2D eigenvalue weighted by molar-refractivity contribution is -0.132. The molecule has 2 aromatic rings. The summed E-state index contributed by atoms with van der Waals surface area (Å²) in [5, 5.41) is 0. The minimum atomic E-state index is -1.24. The Hall–Kier alpha value is -1.89. The first-order valence-corrected chi connectivity index (χ1v) is 7.83. The molecule has 0 N–H and O–H groups in total. The number of benzene rings is 1. The highest BCUT2D eigenvalue weighted by molar-refractivity contribution is 14.1. The van der Waals surface area contributed by atoms with Crippen LogP contribution in [0.4, 0.5) is 0 Å². The van der Waals surface area contributed by atoms with Crippen molar-refractivity contribution in [2.24, 2.45) is 5.92 Å². The summed E-state index contributed by atoms with van der Waals surface area (Å²) in [5.41, 5.74) is 1.53. The molecule has 0 aliphatic carbocycles. The van der Waals surface area contributed by atoms with Crippen molar-refractivity contribution >= 4 is 40.9 Å². The molecular weight excluding hydrogens is 393 g/mol. The Morgan fingerprint density at radius 3 is 2.32 bits per heavy atom. The maximum absolute atomic E-state index is 12.5. The van der Waals surface area contributed by atoms with Gasteiger partial charge in [-0.1, -0.05) is 18.2 Å². The lowest BCUT2D eigenvalue weighted by atomic mass is 9.86. The minimum Gasteiger partial charge on any atom is -0.302 e. The van der Waals surface area contributed by atoms with E-state index in [-0.39, 0.29) is 0 Å². The molecule has 4 nitrogen and oxygen atoms in total. The van der Waals surface area contributed by atoms with E-state index in [1.54, 1.807) is 24.4 Å². The Morgan fingerprint density at radius 1 is 1.09 bits per heavy atom. The largest absolute Gasteiger partial charge is 0.302 e. The number of rotatable bonds is 7. The van der Waals surface area contributed by atoms with Crippen molar-refractivity contribution in [2.75, 3.05) is 0 Å². The number of aromatic nitrogens is 1. The van der Waals surface area contributed by atoms with Crippen LogP contribution in [0, 0.1) is 9.49 Å². The number of ketones is 1. The molecule has 1 atom stereocenters. The fourth-order valence-corrected chi connectivity index (χ4v) is 2.55. The van der Waals surface area contributed by atoms with Crippen molar-refractivity contribution in [3.8, 4) is 0 Å². The molecule has 0 saturated heterocycles. The number of hydrogen-bond donors (Lipinski definition) is 0. The first kappa shape index (κ1) is 16.5. The Kier molecular flexibility index (Phi) is 5.94. The molecule has 0 bridgehead atoms. The topological polar surface area (TPSA) is 64.1 Å². The highest BCUT2D eigenvalue weighted by Gasteiger charge is 2.28. The van der Waals surface area contributed by atoms with Gasteiger partial charge >= 0.3 is 0 Å². The summed E-state index contributed by atoms with van der Waals surface area (Å²) in [4.78, 5) is 38.6. The number of carbonyl (C=O) groups is 3. The molecule has 5 heteroatoms. The van der Waals surface area contributed by atoms with Gasteiger partial charge < -0.3 is 9.59 Å². The Bertz CT molecular complexity index is 647. The molecule has 0 aliphatic rings. The standard InChI is InChI=1S/C17H14INO3/c18-14-6-4-12(5-7-14)9-15(16-3-1-2-8-19-16)17(22)13(10-20)11-21/h1-8,10-11,13,15H,9H2. The SMILES string of the molecule is O=CC(C=O)C(=O)C(Cc1ccc(I)cc1)c1ccccn1. The molecule has 1 unspecified atom stereocenters. The van der Waals surface area contributed by atoms with Crippen molar-refractivity contribution in [2.45, 2.75) is 12.3 Å². The van der Waals surface area contributed by atoms with Crippen LogP contribution in [0.2, 0.25) is 0 Å². The van der Waals surface area contributed by atoms with Crippen LogP contribution < -0.4 is 0 Å². The quantitative estimate of drug-likeness (QED) is 0.402. The zero-order chi connectivity index (χ0) is 15.9. The predicted molar refractivity (Wildman–Crippen MR) is 90.5 cm³/mol. The fraction of sp³-hybridized carbons (Fsp3) is 0.176. The molecule has 0 radical (unpaired) electrons. The number of aldehydes is 2. The zero-order valence-electron chi connectivity index (χ0n) is 11.7. The van der Waals surface area contributed by atoms with Gasteiger partial charge in [0, 0.05) is 9.77 Å². The van der Waals surface area contributed by atoms with Gasteiger partial charge in [-0.3, -0.25) is 9.78 Å². The van der Waals surface area contributed by atoms with E-state index in [1.807, 2.05) is 24.3 Å². The van der Waals surface area contributed by atoms with Crippen molar-refractivity contribution < 1.29 is 14.4 Å². The van der Waals surface area contributed by atoms with E-state index in [0.717, 1.165) is 9.13 Å². The van der Waals surface area contributed by atoms with Crippen LogP contribution >= 0.6 is 22.6 Å². The third-order valence-corrected chi connectivity index (χ3v) is 4.08. The molecular formula is C17H14INO3. The lowest BCUT2D eigenvalue weighted by Crippen LogP contribution is -2.26. The van der Waals surface area contributed by atoms with Crippen LogP contribution in [0.15, 0.2) is 48.7 Å². The van der Waals surface area contributed by atoms with Crippen LogP contribution in [0.5, 0.6) is 0 Å². The molecule has 1 aromatic heterocycles. The molecule has 0 aliphatic heterocycles. The van der Waals surface area contributed by atoms with Crippen LogP contribution in [0.25, 0.3) is 0 Å². The summed E-state index contributed by atoms with van der Waals surface area (Å²) in [6, 6.07) is 13.0. The Morgan fingerprint density at radius 2 is 1.77 bits per heavy atom. The molecule has 0 spiro atoms. The molecule has 2 rings (SSSR count). The van der Waals surface area contributed by atoms with E-state index in [4.69, 9.17) is 0 Å². The third-order valence-electron chi connectivity index (χ3n) is 3.36. The van der Waals surface area contributed by atoms with E-state index < -0.39 is 17.6 Å². The van der Waals surface area contributed by atoms with E-state index in [1.165, 1.54) is 0 Å². The van der Waals surface area contributed by atoms with Crippen LogP contribution in [0.1, 0.15) is 17.2 Å². The van der Waals surface area contributed by atoms with Gasteiger partial charge in [0.2, 0.25) is 0 Å². The fourth-order valence-electron chi connectivity index (χ4n) is 2.19. The number of halogens is 1. The van der Waals surface area contributed by atoms with Crippen molar-refractivity contribution in [1.29, 1.82) is 0 Å². The summed E-state index contributed by atoms with van der Waals surface area (Å²) in [6.07, 6.45) is 2.78. The predicted octanol–water partition coefficient (Wildman–Crippen LogP) is 2.60. The second-order valence-electron chi connectivity index (χ2n) is 4.84. The molecule has 0 fully saturated rings. The van der Waals surface area contributed by atoms with Crippen LogP contribution in [-0.4, -0.2) is 23.3 Å². The van der Waals surface area contributed by atoms with Gasteiger partial charge in [-0.05, 0) is 58.8 Å². The molecule has 112 valence electrons. The van der Waals surface area contributed by atoms with Gasteiger partial charge in [0.05, 0.1) is 11.6 Å². The van der Waals surface area contributed by atoms with E-state index in [0.29, 0.717) is 24.7 Å². The minimum absolute atomic E-state index is 0.388. The van der Waals surface area contributed by atoms with E-state index in [2.05, 4.69) is 27.6 Å². The summed E-state index contributed by atoms with van der Waals surface area (Å²) < 4.78 is 1.10. The van der Waals surface area contributed by atoms with Gasteiger partial charge in [0.1, 0.15) is 18.5 Å². The van der Waals surface area contributed by atoms with Gasteiger partial charge in [-0.2, -0.15) is 0 Å². The third kappa shape index (κ3) is 4.07. The maximum Gasteiger partial charge on any atom is 0.159 e. The second-order valence-corrected chi connectivity index (χ2v) is 6.08. The molecule has 1 heterocycles. The normalized spacial score (nSPS) is 11.9. The summed E-state index contributed by atoms with van der Waals surface area (Å²) >= 11 is 2.21. The number of carbonyl (C=O) groups excluding carboxylic acids is 3. The Labute approximate surface area is 142 Å². The molecule has 0 amide bonds. The van der Waals surface area contributed by atoms with Crippen LogP contribution in [-0.2, 0) is 20.8 Å². The van der Waals surface area contributed by atoms with Gasteiger partial charge in [0.25, 0.3) is 0 Å². The van der Waals surface area contributed by atoms with Crippen molar-refractivity contribution in [3.63, 3.8) is 0 Å². The first-order valence-electron chi connectivity index (χ1n) is 6.75. The lowest BCUT2D eigenvalue weighted by Gasteiger charge is -2.16. The molecule has 22 heavy (non-hydrogen) atoms. The Balaban J connectivity index is 2.33. The molecule has 0 saturated carbocycles. The number of pyridine rings is 1. The van der Waals surface area contributed by atoms with E-state index in [9.17, 15) is 14.4 Å². The monoisotopic (exact) mass is 407 g/mol. The highest BCUT2D eigenvalue weighted by Crippen LogP contribution is 2.23. The van der Waals surface area contributed by atoms with Gasteiger partial charge in [-0.15, -0.1) is 0 Å². The van der Waals surface area contributed by atoms with Gasteiger partial charge in [-0.25, -0.2) is 0 Å². The van der Waals surface area contributed by atoms with Crippen molar-refractivity contribution in [1.82, 2.24) is 4.98 Å². The smallest absolute Gasteiger partial charge is 0.159 e.